The third-order valence-electron chi connectivity index (χ3n) is 3.96. The van der Waals surface area contributed by atoms with Gasteiger partial charge in [-0.2, -0.15) is 9.97 Å². The van der Waals surface area contributed by atoms with Crippen molar-refractivity contribution in [3.63, 3.8) is 0 Å². The Morgan fingerprint density at radius 3 is 2.50 bits per heavy atom. The molecule has 0 aliphatic carbocycles. The minimum atomic E-state index is 0.169. The number of pyridine rings is 1. The molecule has 3 rings (SSSR count). The van der Waals surface area contributed by atoms with E-state index in [1.165, 1.54) is 11.8 Å². The molecule has 7 nitrogen and oxygen atoms in total. The maximum absolute atomic E-state index is 7.57. The van der Waals surface area contributed by atoms with Crippen LogP contribution < -0.4 is 16.4 Å². The summed E-state index contributed by atoms with van der Waals surface area (Å²) >= 11 is 0. The molecule has 2 heterocycles. The highest BCUT2D eigenvalue weighted by molar-refractivity contribution is 5.91. The summed E-state index contributed by atoms with van der Waals surface area (Å²) in [5.74, 6) is 1.26. The second-order valence-electron chi connectivity index (χ2n) is 5.68. The zero-order chi connectivity index (χ0) is 18.4. The third kappa shape index (κ3) is 3.94. The van der Waals surface area contributed by atoms with E-state index < -0.39 is 0 Å². The first-order chi connectivity index (χ1) is 12.7. The maximum atomic E-state index is 7.57. The van der Waals surface area contributed by atoms with E-state index in [0.717, 1.165) is 17.7 Å². The van der Waals surface area contributed by atoms with Gasteiger partial charge in [-0.25, -0.2) is 0 Å². The molecule has 0 aliphatic heterocycles. The minimum absolute atomic E-state index is 0.169. The van der Waals surface area contributed by atoms with Gasteiger partial charge in [0, 0.05) is 31.6 Å². The fraction of sp³-hybridized carbons (Fsp3) is 0.158. The summed E-state index contributed by atoms with van der Waals surface area (Å²) in [7, 11) is 1.74. The summed E-state index contributed by atoms with van der Waals surface area (Å²) in [5, 5.41) is 13.7. The van der Waals surface area contributed by atoms with E-state index in [9.17, 15) is 0 Å². The number of hydrogen-bond acceptors (Lipinski definition) is 7. The Hall–Kier alpha value is -3.48. The largest absolute Gasteiger partial charge is 0.372 e. The monoisotopic (exact) mass is 347 g/mol. The van der Waals surface area contributed by atoms with Crippen molar-refractivity contribution < 1.29 is 0 Å². The Kier molecular flexibility index (Phi) is 5.38. The highest BCUT2D eigenvalue weighted by atomic mass is 15.1. The van der Waals surface area contributed by atoms with Crippen molar-refractivity contribution in [2.75, 3.05) is 30.0 Å². The van der Waals surface area contributed by atoms with E-state index in [0.29, 0.717) is 23.7 Å². The Morgan fingerprint density at radius 2 is 1.85 bits per heavy atom. The first kappa shape index (κ1) is 17.3. The smallest absolute Gasteiger partial charge is 0.223 e. The number of nitrogens with one attached hydrogen (secondary N) is 3. The van der Waals surface area contributed by atoms with Crippen LogP contribution in [0.5, 0.6) is 0 Å². The average Bonchev–Trinajstić information content (AvgIpc) is 2.68. The number of nitrogens with zero attached hydrogens (tertiary/aromatic N) is 3. The lowest BCUT2D eigenvalue weighted by atomic mass is 10.1. The normalized spacial score (nSPS) is 10.3. The molecule has 0 aliphatic rings. The zero-order valence-electron chi connectivity index (χ0n) is 14.5. The van der Waals surface area contributed by atoms with Crippen molar-refractivity contribution in [3.8, 4) is 11.3 Å². The molecule has 0 amide bonds. The fourth-order valence-electron chi connectivity index (χ4n) is 2.65. The molecular formula is C19H21N7. The molecule has 3 aromatic rings. The number of nitrogens with two attached hydrogens (primary N) is 1. The summed E-state index contributed by atoms with van der Waals surface area (Å²) < 4.78 is 0. The number of aromatic nitrogens is 3. The van der Waals surface area contributed by atoms with E-state index in [-0.39, 0.29) is 5.95 Å². The van der Waals surface area contributed by atoms with E-state index in [4.69, 9.17) is 11.1 Å². The molecule has 26 heavy (non-hydrogen) atoms. The number of anilines is 3. The highest BCUT2D eigenvalue weighted by Gasteiger charge is 2.10. The van der Waals surface area contributed by atoms with Crippen molar-refractivity contribution in [2.24, 2.45) is 0 Å². The number of hydrogen-bond donors (Lipinski definition) is 4. The average molecular weight is 347 g/mol. The van der Waals surface area contributed by atoms with E-state index in [1.54, 1.807) is 13.2 Å². The molecule has 7 heteroatoms. The first-order valence-corrected chi connectivity index (χ1v) is 8.31. The zero-order valence-corrected chi connectivity index (χ0v) is 14.5. The molecule has 1 aromatic carbocycles. The van der Waals surface area contributed by atoms with Gasteiger partial charge in [0.15, 0.2) is 0 Å². The van der Waals surface area contributed by atoms with Crippen LogP contribution in [0.3, 0.4) is 0 Å². The quantitative estimate of drug-likeness (QED) is 0.489. The van der Waals surface area contributed by atoms with Gasteiger partial charge in [-0.3, -0.25) is 4.98 Å². The molecule has 0 unspecified atom stereocenters. The summed E-state index contributed by atoms with van der Waals surface area (Å²) in [6.07, 6.45) is 3.83. The molecule has 0 bridgehead atoms. The van der Waals surface area contributed by atoms with Gasteiger partial charge in [-0.15, -0.1) is 0 Å². The van der Waals surface area contributed by atoms with Gasteiger partial charge in [0.2, 0.25) is 5.95 Å². The standard InChI is InChI=1S/C19H21N7/c1-22-17-15(12-20)18(26-19(21)25-17)24-11-9-13-5-7-14(8-6-13)16-4-2-3-10-23-16/h2-8,10,12,20H,9,11H2,1H3,(H4,21,22,24,25,26). The van der Waals surface area contributed by atoms with Crippen molar-refractivity contribution in [3.05, 3.63) is 59.8 Å². The molecule has 0 spiro atoms. The maximum Gasteiger partial charge on any atom is 0.223 e. The second kappa shape index (κ2) is 8.06. The number of nitrogen functional groups attached to an aromatic ring is 1. The van der Waals surface area contributed by atoms with Gasteiger partial charge >= 0.3 is 0 Å². The Balaban J connectivity index is 1.65. The summed E-state index contributed by atoms with van der Waals surface area (Å²) in [6, 6.07) is 14.2. The van der Waals surface area contributed by atoms with Crippen LogP contribution in [0, 0.1) is 5.41 Å². The van der Waals surface area contributed by atoms with Crippen LogP contribution in [0.2, 0.25) is 0 Å². The third-order valence-corrected chi connectivity index (χ3v) is 3.96. The SMILES string of the molecule is CNc1nc(N)nc(NCCc2ccc(-c3ccccn3)cc2)c1C=N. The van der Waals surface area contributed by atoms with Crippen LogP contribution in [-0.2, 0) is 6.42 Å². The molecule has 5 N–H and O–H groups in total. The van der Waals surface area contributed by atoms with Crippen LogP contribution in [0.4, 0.5) is 17.6 Å². The molecule has 0 radical (unpaired) electrons. The highest BCUT2D eigenvalue weighted by Crippen LogP contribution is 2.20. The summed E-state index contributed by atoms with van der Waals surface area (Å²) in [5.41, 5.74) is 9.57. The summed E-state index contributed by atoms with van der Waals surface area (Å²) in [6.45, 7) is 0.670. The Bertz CT molecular complexity index is 876. The van der Waals surface area contributed by atoms with E-state index >= 15 is 0 Å². The lowest BCUT2D eigenvalue weighted by molar-refractivity contribution is 1.00. The first-order valence-electron chi connectivity index (χ1n) is 8.31. The van der Waals surface area contributed by atoms with Gasteiger partial charge < -0.3 is 21.8 Å². The van der Waals surface area contributed by atoms with Gasteiger partial charge in [-0.05, 0) is 24.1 Å². The number of rotatable bonds is 7. The van der Waals surface area contributed by atoms with Crippen molar-refractivity contribution in [2.45, 2.75) is 6.42 Å². The minimum Gasteiger partial charge on any atom is -0.372 e. The van der Waals surface area contributed by atoms with Crippen LogP contribution >= 0.6 is 0 Å². The topological polar surface area (TPSA) is 113 Å². The van der Waals surface area contributed by atoms with Gasteiger partial charge in [0.05, 0.1) is 11.3 Å². The molecule has 132 valence electrons. The van der Waals surface area contributed by atoms with Crippen LogP contribution in [-0.4, -0.2) is 34.8 Å². The number of benzene rings is 1. The molecule has 2 aromatic heterocycles. The fourth-order valence-corrected chi connectivity index (χ4v) is 2.65. The van der Waals surface area contributed by atoms with Gasteiger partial charge in [0.25, 0.3) is 0 Å². The lowest BCUT2D eigenvalue weighted by Gasteiger charge is -2.12. The van der Waals surface area contributed by atoms with Crippen molar-refractivity contribution >= 4 is 23.8 Å². The van der Waals surface area contributed by atoms with Gasteiger partial charge in [-0.1, -0.05) is 30.3 Å². The van der Waals surface area contributed by atoms with Crippen LogP contribution in [0.15, 0.2) is 48.7 Å². The van der Waals surface area contributed by atoms with Crippen molar-refractivity contribution in [1.29, 1.82) is 5.41 Å². The second-order valence-corrected chi connectivity index (χ2v) is 5.68. The predicted octanol–water partition coefficient (Wildman–Crippen LogP) is 2.81. The van der Waals surface area contributed by atoms with E-state index in [1.807, 2.05) is 18.2 Å². The molecule has 0 atom stereocenters. The summed E-state index contributed by atoms with van der Waals surface area (Å²) in [4.78, 5) is 12.6. The molecular weight excluding hydrogens is 326 g/mol. The predicted molar refractivity (Wildman–Crippen MR) is 106 cm³/mol. The van der Waals surface area contributed by atoms with Crippen LogP contribution in [0.1, 0.15) is 11.1 Å². The Morgan fingerprint density at radius 1 is 1.08 bits per heavy atom. The Labute approximate surface area is 152 Å². The molecule has 0 saturated heterocycles. The van der Waals surface area contributed by atoms with Crippen molar-refractivity contribution in [1.82, 2.24) is 15.0 Å². The van der Waals surface area contributed by atoms with E-state index in [2.05, 4.69) is 49.9 Å². The molecule has 0 saturated carbocycles. The lowest BCUT2D eigenvalue weighted by Crippen LogP contribution is -2.13. The van der Waals surface area contributed by atoms with Gasteiger partial charge in [0.1, 0.15) is 11.6 Å². The molecule has 0 fully saturated rings. The van der Waals surface area contributed by atoms with Crippen LogP contribution in [0.25, 0.3) is 11.3 Å².